The zero-order valence-electron chi connectivity index (χ0n) is 15.6. The molecule has 4 atom stereocenters. The van der Waals surface area contributed by atoms with Gasteiger partial charge in [0.2, 0.25) is 23.6 Å². The van der Waals surface area contributed by atoms with Gasteiger partial charge in [-0.2, -0.15) is 0 Å². The third kappa shape index (κ3) is 2.37. The average molecular weight is 425 g/mol. The molecule has 0 radical (unpaired) electrons. The highest BCUT2D eigenvalue weighted by atomic mass is 35.5. The van der Waals surface area contributed by atoms with Crippen LogP contribution in [0.3, 0.4) is 0 Å². The molecule has 8 nitrogen and oxygen atoms in total. The van der Waals surface area contributed by atoms with Crippen LogP contribution in [0.1, 0.15) is 12.0 Å². The molecule has 0 aliphatic carbocycles. The number of nitrogens with one attached hydrogen (secondary N) is 2. The number of hydrogen-bond donors (Lipinski definition) is 3. The van der Waals surface area contributed by atoms with Crippen LogP contribution in [-0.2, 0) is 24.7 Å². The first-order valence-electron chi connectivity index (χ1n) is 9.45. The van der Waals surface area contributed by atoms with Gasteiger partial charge in [0, 0.05) is 28.7 Å². The van der Waals surface area contributed by atoms with E-state index < -0.39 is 47.0 Å². The molecule has 3 heterocycles. The molecule has 2 aromatic carbocycles. The number of halogens is 1. The minimum absolute atomic E-state index is 0.175. The molecule has 152 valence electrons. The number of carbonyl (C=O) groups is 4. The van der Waals surface area contributed by atoms with E-state index in [9.17, 15) is 19.2 Å². The van der Waals surface area contributed by atoms with Crippen molar-refractivity contribution >= 4 is 46.6 Å². The fourth-order valence-electron chi connectivity index (χ4n) is 4.99. The zero-order chi connectivity index (χ0) is 21.2. The molecule has 9 heteroatoms. The van der Waals surface area contributed by atoms with Gasteiger partial charge in [0.1, 0.15) is 5.54 Å². The highest BCUT2D eigenvalue weighted by molar-refractivity contribution is 6.31. The molecule has 3 aliphatic rings. The second-order valence-electron chi connectivity index (χ2n) is 7.72. The van der Waals surface area contributed by atoms with Crippen molar-refractivity contribution in [2.75, 3.05) is 10.2 Å². The summed E-state index contributed by atoms with van der Waals surface area (Å²) in [5, 5.41) is 6.41. The number of rotatable bonds is 3. The van der Waals surface area contributed by atoms with E-state index in [1.54, 1.807) is 48.5 Å². The Bertz CT molecular complexity index is 1120. The van der Waals surface area contributed by atoms with E-state index >= 15 is 0 Å². The average Bonchev–Trinajstić information content (AvgIpc) is 3.27. The lowest BCUT2D eigenvalue weighted by atomic mass is 9.76. The number of para-hydroxylation sites is 1. The first-order chi connectivity index (χ1) is 14.3. The van der Waals surface area contributed by atoms with Crippen LogP contribution in [-0.4, -0.2) is 29.7 Å². The van der Waals surface area contributed by atoms with E-state index in [0.717, 1.165) is 4.90 Å². The SMILES string of the molecule is NC(=O)C[C@@H]1N[C@@]2(C(=O)Nc3ccccc32)[C@H]2C(=O)N(c3ccc(Cl)cc3)C(=O)[C@H]12. The number of benzene rings is 2. The number of imide groups is 1. The molecule has 2 saturated heterocycles. The monoisotopic (exact) mass is 424 g/mol. The largest absolute Gasteiger partial charge is 0.370 e. The molecule has 4 amide bonds. The maximum absolute atomic E-state index is 13.6. The lowest BCUT2D eigenvalue weighted by Gasteiger charge is -2.29. The maximum Gasteiger partial charge on any atom is 0.250 e. The first-order valence-corrected chi connectivity index (χ1v) is 9.82. The van der Waals surface area contributed by atoms with Gasteiger partial charge in [-0.25, -0.2) is 4.90 Å². The molecular weight excluding hydrogens is 408 g/mol. The standard InChI is InChI=1S/C21H17ClN4O4/c22-10-5-7-11(8-6-10)26-18(28)16-14(9-15(23)27)25-21(17(16)19(26)29)12-3-1-2-4-13(12)24-20(21)30/h1-8,14,16-17,25H,9H2,(H2,23,27)(H,24,30)/t14-,16+,17+,21+/m0/s1. The quantitative estimate of drug-likeness (QED) is 0.638. The number of amides is 4. The fourth-order valence-corrected chi connectivity index (χ4v) is 5.12. The number of primary amides is 1. The minimum Gasteiger partial charge on any atom is -0.370 e. The highest BCUT2D eigenvalue weighted by Gasteiger charge is 2.70. The van der Waals surface area contributed by atoms with Gasteiger partial charge in [-0.15, -0.1) is 0 Å². The summed E-state index contributed by atoms with van der Waals surface area (Å²) in [6.07, 6.45) is -0.175. The summed E-state index contributed by atoms with van der Waals surface area (Å²) in [7, 11) is 0. The van der Waals surface area contributed by atoms with E-state index in [0.29, 0.717) is 22.0 Å². The van der Waals surface area contributed by atoms with Crippen LogP contribution in [0.15, 0.2) is 48.5 Å². The third-order valence-electron chi connectivity index (χ3n) is 6.13. The Morgan fingerprint density at radius 2 is 1.77 bits per heavy atom. The fraction of sp³-hybridized carbons (Fsp3) is 0.238. The highest BCUT2D eigenvalue weighted by Crippen LogP contribution is 2.53. The van der Waals surface area contributed by atoms with Crippen LogP contribution in [0, 0.1) is 11.8 Å². The topological polar surface area (TPSA) is 122 Å². The van der Waals surface area contributed by atoms with Crippen molar-refractivity contribution in [2.45, 2.75) is 18.0 Å². The van der Waals surface area contributed by atoms with Gasteiger partial charge in [0.25, 0.3) is 0 Å². The molecule has 4 N–H and O–H groups in total. The summed E-state index contributed by atoms with van der Waals surface area (Å²) >= 11 is 5.94. The van der Waals surface area contributed by atoms with Crippen molar-refractivity contribution in [1.82, 2.24) is 5.32 Å². The van der Waals surface area contributed by atoms with Crippen LogP contribution in [0.5, 0.6) is 0 Å². The van der Waals surface area contributed by atoms with E-state index in [2.05, 4.69) is 10.6 Å². The van der Waals surface area contributed by atoms with Crippen molar-refractivity contribution in [3.05, 3.63) is 59.1 Å². The van der Waals surface area contributed by atoms with Crippen LogP contribution in [0.25, 0.3) is 0 Å². The summed E-state index contributed by atoms with van der Waals surface area (Å²) in [6.45, 7) is 0. The Labute approximate surface area is 176 Å². The van der Waals surface area contributed by atoms with Gasteiger partial charge in [0.15, 0.2) is 0 Å². The predicted molar refractivity (Wildman–Crippen MR) is 108 cm³/mol. The van der Waals surface area contributed by atoms with Crippen molar-refractivity contribution in [1.29, 1.82) is 0 Å². The molecule has 5 rings (SSSR count). The van der Waals surface area contributed by atoms with Gasteiger partial charge in [-0.05, 0) is 30.3 Å². The van der Waals surface area contributed by atoms with Crippen molar-refractivity contribution in [3.8, 4) is 0 Å². The number of hydrogen-bond acceptors (Lipinski definition) is 5. The normalized spacial score (nSPS) is 29.3. The van der Waals surface area contributed by atoms with Gasteiger partial charge in [0.05, 0.1) is 17.5 Å². The number of anilines is 2. The van der Waals surface area contributed by atoms with Gasteiger partial charge in [-0.1, -0.05) is 29.8 Å². The zero-order valence-corrected chi connectivity index (χ0v) is 16.3. The van der Waals surface area contributed by atoms with Crippen LogP contribution in [0.4, 0.5) is 11.4 Å². The number of carbonyl (C=O) groups excluding carboxylic acids is 4. The Hall–Kier alpha value is -3.23. The molecule has 2 fully saturated rings. The number of fused-ring (bicyclic) bond motifs is 4. The Balaban J connectivity index is 1.67. The van der Waals surface area contributed by atoms with Crippen molar-refractivity contribution in [3.63, 3.8) is 0 Å². The first kappa shape index (κ1) is 18.8. The summed E-state index contributed by atoms with van der Waals surface area (Å²) in [4.78, 5) is 52.9. The summed E-state index contributed by atoms with van der Waals surface area (Å²) in [5.41, 5.74) is 5.47. The number of nitrogens with two attached hydrogens (primary N) is 1. The van der Waals surface area contributed by atoms with E-state index in [1.165, 1.54) is 0 Å². The van der Waals surface area contributed by atoms with Gasteiger partial charge in [-0.3, -0.25) is 24.5 Å². The Morgan fingerprint density at radius 3 is 2.47 bits per heavy atom. The molecule has 0 bridgehead atoms. The Kier molecular flexibility index (Phi) is 4.00. The second kappa shape index (κ2) is 6.38. The molecule has 1 spiro atoms. The second-order valence-corrected chi connectivity index (χ2v) is 8.16. The smallest absolute Gasteiger partial charge is 0.250 e. The third-order valence-corrected chi connectivity index (χ3v) is 6.38. The predicted octanol–water partition coefficient (Wildman–Crippen LogP) is 1.14. The van der Waals surface area contributed by atoms with Crippen molar-refractivity contribution in [2.24, 2.45) is 17.6 Å². The summed E-state index contributed by atoms with van der Waals surface area (Å²) in [6, 6.07) is 12.6. The molecule has 0 unspecified atom stereocenters. The Morgan fingerprint density at radius 1 is 1.07 bits per heavy atom. The van der Waals surface area contributed by atoms with E-state index in [4.69, 9.17) is 17.3 Å². The van der Waals surface area contributed by atoms with Gasteiger partial charge >= 0.3 is 0 Å². The molecular formula is C21H17ClN4O4. The van der Waals surface area contributed by atoms with Crippen molar-refractivity contribution < 1.29 is 19.2 Å². The molecule has 3 aliphatic heterocycles. The van der Waals surface area contributed by atoms with Crippen LogP contribution >= 0.6 is 11.6 Å². The molecule has 2 aromatic rings. The van der Waals surface area contributed by atoms with Crippen LogP contribution in [0.2, 0.25) is 5.02 Å². The minimum atomic E-state index is -1.45. The lowest BCUT2D eigenvalue weighted by molar-refractivity contribution is -0.130. The molecule has 0 aromatic heterocycles. The molecule has 30 heavy (non-hydrogen) atoms. The van der Waals surface area contributed by atoms with Crippen LogP contribution < -0.4 is 21.3 Å². The van der Waals surface area contributed by atoms with E-state index in [1.807, 2.05) is 0 Å². The number of nitrogens with zero attached hydrogens (tertiary/aromatic N) is 1. The lowest BCUT2D eigenvalue weighted by Crippen LogP contribution is -2.53. The summed E-state index contributed by atoms with van der Waals surface area (Å²) < 4.78 is 0. The molecule has 0 saturated carbocycles. The summed E-state index contributed by atoms with van der Waals surface area (Å²) in [5.74, 6) is -3.94. The van der Waals surface area contributed by atoms with Gasteiger partial charge < -0.3 is 11.1 Å². The van der Waals surface area contributed by atoms with E-state index in [-0.39, 0.29) is 6.42 Å². The maximum atomic E-state index is 13.6.